The fourth-order valence-electron chi connectivity index (χ4n) is 2.18. The quantitative estimate of drug-likeness (QED) is 0.913. The molecule has 1 aromatic heterocycles. The Morgan fingerprint density at radius 2 is 2.21 bits per heavy atom. The van der Waals surface area contributed by atoms with E-state index in [1.54, 1.807) is 0 Å². The molecule has 7 heteroatoms. The smallest absolute Gasteiger partial charge is 0.295 e. The maximum absolute atomic E-state index is 11.6. The molecule has 0 unspecified atom stereocenters. The molecule has 0 spiro atoms. The minimum atomic E-state index is -3.02. The van der Waals surface area contributed by atoms with Crippen molar-refractivity contribution in [3.8, 4) is 0 Å². The Hall–Kier alpha value is -1.60. The normalized spacial score (nSPS) is 18.9. The number of oxazole rings is 1. The van der Waals surface area contributed by atoms with Crippen LogP contribution in [0.1, 0.15) is 6.42 Å². The number of hydrogen-bond donors (Lipinski definition) is 1. The summed E-state index contributed by atoms with van der Waals surface area (Å²) in [6, 6.07) is 7.92. The molecular formula is C12H15N3O3S. The van der Waals surface area contributed by atoms with Crippen LogP contribution in [0, 0.1) is 0 Å². The Bertz CT molecular complexity index is 647. The third-order valence-electron chi connectivity index (χ3n) is 3.13. The molecule has 0 radical (unpaired) electrons. The second-order valence-electron chi connectivity index (χ2n) is 4.48. The van der Waals surface area contributed by atoms with E-state index in [1.807, 2.05) is 24.3 Å². The van der Waals surface area contributed by atoms with Crippen LogP contribution < -0.4 is 5.32 Å². The maximum Gasteiger partial charge on any atom is 0.295 e. The molecule has 1 aromatic carbocycles. The molecule has 0 amide bonds. The molecule has 0 saturated carbocycles. The molecule has 0 aliphatic carbocycles. The summed E-state index contributed by atoms with van der Waals surface area (Å²) in [7, 11) is -3.02. The van der Waals surface area contributed by atoms with Gasteiger partial charge in [0.2, 0.25) is 10.0 Å². The Kier molecular flexibility index (Phi) is 3.16. The summed E-state index contributed by atoms with van der Waals surface area (Å²) in [6.45, 7) is 1.55. The fraction of sp³-hybridized carbons (Fsp3) is 0.417. The van der Waals surface area contributed by atoms with Gasteiger partial charge in [-0.05, 0) is 18.6 Å². The van der Waals surface area contributed by atoms with Gasteiger partial charge in [0.1, 0.15) is 5.52 Å². The first-order valence-electron chi connectivity index (χ1n) is 6.22. The monoisotopic (exact) mass is 281 g/mol. The van der Waals surface area contributed by atoms with Crippen LogP contribution in [0.5, 0.6) is 0 Å². The van der Waals surface area contributed by atoms with Crippen LogP contribution in [-0.2, 0) is 10.0 Å². The fourth-order valence-corrected chi connectivity index (χ4v) is 3.71. The molecule has 102 valence electrons. The highest BCUT2D eigenvalue weighted by Crippen LogP contribution is 2.18. The lowest BCUT2D eigenvalue weighted by molar-refractivity contribution is 0.454. The van der Waals surface area contributed by atoms with Gasteiger partial charge in [0, 0.05) is 19.6 Å². The first kappa shape index (κ1) is 12.4. The van der Waals surface area contributed by atoms with Crippen LogP contribution in [0.15, 0.2) is 28.7 Å². The van der Waals surface area contributed by atoms with Gasteiger partial charge in [0.15, 0.2) is 5.58 Å². The SMILES string of the molecule is O=S1(=O)CCCN1CCNc1nc2ccccc2o1. The molecular weight excluding hydrogens is 266 g/mol. The predicted octanol–water partition coefficient (Wildman–Crippen LogP) is 1.28. The van der Waals surface area contributed by atoms with Crippen LogP contribution in [0.3, 0.4) is 0 Å². The molecule has 1 aliphatic heterocycles. The number of nitrogens with zero attached hydrogens (tertiary/aromatic N) is 2. The van der Waals surface area contributed by atoms with Gasteiger partial charge >= 0.3 is 0 Å². The van der Waals surface area contributed by atoms with E-state index in [9.17, 15) is 8.42 Å². The lowest BCUT2D eigenvalue weighted by atomic mass is 10.3. The van der Waals surface area contributed by atoms with E-state index in [0.29, 0.717) is 32.1 Å². The lowest BCUT2D eigenvalue weighted by Gasteiger charge is -2.13. The van der Waals surface area contributed by atoms with Crippen molar-refractivity contribution in [2.24, 2.45) is 0 Å². The summed E-state index contributed by atoms with van der Waals surface area (Å²) < 4.78 is 30.2. The zero-order chi connectivity index (χ0) is 13.3. The highest BCUT2D eigenvalue weighted by atomic mass is 32.2. The van der Waals surface area contributed by atoms with Gasteiger partial charge < -0.3 is 9.73 Å². The average molecular weight is 281 g/mol. The van der Waals surface area contributed by atoms with Gasteiger partial charge in [-0.2, -0.15) is 4.98 Å². The third kappa shape index (κ3) is 2.57. The van der Waals surface area contributed by atoms with E-state index in [1.165, 1.54) is 4.31 Å². The number of para-hydroxylation sites is 2. The zero-order valence-corrected chi connectivity index (χ0v) is 11.2. The highest BCUT2D eigenvalue weighted by molar-refractivity contribution is 7.89. The summed E-state index contributed by atoms with van der Waals surface area (Å²) >= 11 is 0. The van der Waals surface area contributed by atoms with E-state index in [0.717, 1.165) is 11.1 Å². The van der Waals surface area contributed by atoms with Gasteiger partial charge in [-0.25, -0.2) is 12.7 Å². The van der Waals surface area contributed by atoms with E-state index < -0.39 is 10.0 Å². The van der Waals surface area contributed by atoms with Crippen LogP contribution in [-0.4, -0.2) is 43.1 Å². The number of rotatable bonds is 4. The van der Waals surface area contributed by atoms with Crippen molar-refractivity contribution < 1.29 is 12.8 Å². The second kappa shape index (κ2) is 4.82. The van der Waals surface area contributed by atoms with E-state index in [2.05, 4.69) is 10.3 Å². The minimum absolute atomic E-state index is 0.260. The first-order valence-corrected chi connectivity index (χ1v) is 7.83. The van der Waals surface area contributed by atoms with Crippen molar-refractivity contribution in [2.45, 2.75) is 6.42 Å². The standard InChI is InChI=1S/C12H15N3O3S/c16-19(17)9-3-7-15(19)8-6-13-12-14-10-4-1-2-5-11(10)18-12/h1-2,4-5H,3,6-9H2,(H,13,14). The summed E-state index contributed by atoms with van der Waals surface area (Å²) in [6.07, 6.45) is 0.714. The van der Waals surface area contributed by atoms with Gasteiger partial charge in [0.25, 0.3) is 6.01 Å². The van der Waals surface area contributed by atoms with Crippen LogP contribution >= 0.6 is 0 Å². The summed E-state index contributed by atoms with van der Waals surface area (Å²) in [5.41, 5.74) is 1.51. The summed E-state index contributed by atoms with van der Waals surface area (Å²) in [4.78, 5) is 4.27. The Balaban J connectivity index is 1.60. The second-order valence-corrected chi connectivity index (χ2v) is 6.57. The van der Waals surface area contributed by atoms with Crippen molar-refractivity contribution in [1.82, 2.24) is 9.29 Å². The summed E-state index contributed by atoms with van der Waals surface area (Å²) in [5.74, 6) is 0.260. The number of aromatic nitrogens is 1. The molecule has 3 rings (SSSR count). The highest BCUT2D eigenvalue weighted by Gasteiger charge is 2.27. The van der Waals surface area contributed by atoms with Crippen molar-refractivity contribution in [3.05, 3.63) is 24.3 Å². The van der Waals surface area contributed by atoms with Gasteiger partial charge in [-0.3, -0.25) is 0 Å². The maximum atomic E-state index is 11.6. The number of fused-ring (bicyclic) bond motifs is 1. The van der Waals surface area contributed by atoms with Crippen LogP contribution in [0.2, 0.25) is 0 Å². The molecule has 1 aliphatic rings. The molecule has 1 fully saturated rings. The number of nitrogens with one attached hydrogen (secondary N) is 1. The van der Waals surface area contributed by atoms with E-state index >= 15 is 0 Å². The molecule has 1 saturated heterocycles. The summed E-state index contributed by atoms with van der Waals surface area (Å²) in [5, 5.41) is 3.01. The largest absolute Gasteiger partial charge is 0.424 e. The third-order valence-corrected chi connectivity index (χ3v) is 5.09. The number of hydrogen-bond acceptors (Lipinski definition) is 5. The minimum Gasteiger partial charge on any atom is -0.424 e. The number of sulfonamides is 1. The van der Waals surface area contributed by atoms with Crippen LogP contribution in [0.4, 0.5) is 6.01 Å². The molecule has 2 aromatic rings. The van der Waals surface area contributed by atoms with Crippen molar-refractivity contribution in [3.63, 3.8) is 0 Å². The zero-order valence-electron chi connectivity index (χ0n) is 10.4. The Labute approximate surface area is 111 Å². The number of anilines is 1. The lowest BCUT2D eigenvalue weighted by Crippen LogP contribution is -2.30. The van der Waals surface area contributed by atoms with Gasteiger partial charge in [-0.15, -0.1) is 0 Å². The molecule has 0 bridgehead atoms. The number of benzene rings is 1. The molecule has 2 heterocycles. The van der Waals surface area contributed by atoms with Gasteiger partial charge in [-0.1, -0.05) is 12.1 Å². The molecule has 1 N–H and O–H groups in total. The first-order chi connectivity index (χ1) is 9.15. The molecule has 0 atom stereocenters. The molecule has 19 heavy (non-hydrogen) atoms. The average Bonchev–Trinajstić information content (AvgIpc) is 2.92. The van der Waals surface area contributed by atoms with Crippen molar-refractivity contribution in [1.29, 1.82) is 0 Å². The molecule has 6 nitrogen and oxygen atoms in total. The van der Waals surface area contributed by atoms with E-state index in [4.69, 9.17) is 4.42 Å². The van der Waals surface area contributed by atoms with E-state index in [-0.39, 0.29) is 5.75 Å². The van der Waals surface area contributed by atoms with Crippen molar-refractivity contribution >= 4 is 27.1 Å². The predicted molar refractivity (Wildman–Crippen MR) is 72.5 cm³/mol. The topological polar surface area (TPSA) is 75.4 Å². The Morgan fingerprint density at radius 1 is 1.37 bits per heavy atom. The van der Waals surface area contributed by atoms with Gasteiger partial charge in [0.05, 0.1) is 5.75 Å². The van der Waals surface area contributed by atoms with Crippen LogP contribution in [0.25, 0.3) is 11.1 Å². The van der Waals surface area contributed by atoms with Crippen molar-refractivity contribution in [2.75, 3.05) is 30.7 Å². The Morgan fingerprint density at radius 3 is 2.95 bits per heavy atom.